The van der Waals surface area contributed by atoms with E-state index in [1.165, 1.54) is 30.3 Å². The van der Waals surface area contributed by atoms with Crippen molar-refractivity contribution in [1.29, 1.82) is 0 Å². The molecule has 16 heavy (non-hydrogen) atoms. The number of amides is 1. The van der Waals surface area contributed by atoms with Gasteiger partial charge >= 0.3 is 0 Å². The highest BCUT2D eigenvalue weighted by molar-refractivity contribution is 5.94. The summed E-state index contributed by atoms with van der Waals surface area (Å²) in [5, 5.41) is 9.55. The van der Waals surface area contributed by atoms with Crippen LogP contribution in [0.25, 0.3) is 0 Å². The first-order chi connectivity index (χ1) is 7.31. The standard InChI is InChI=1S/C11H15FN2O2/c1-11(2,16)7-14(3)10(15)8-5-4-6-13-9(8)12/h4-6,16H,7H2,1-3H3. The lowest BCUT2D eigenvalue weighted by Gasteiger charge is -2.25. The molecule has 1 N–H and O–H groups in total. The summed E-state index contributed by atoms with van der Waals surface area (Å²) in [6.45, 7) is 3.28. The molecule has 4 nitrogen and oxygen atoms in total. The van der Waals surface area contributed by atoms with Gasteiger partial charge in [-0.25, -0.2) is 4.98 Å². The van der Waals surface area contributed by atoms with Crippen LogP contribution < -0.4 is 0 Å². The average Bonchev–Trinajstić information content (AvgIpc) is 2.15. The SMILES string of the molecule is CN(CC(C)(C)O)C(=O)c1cccnc1F. The van der Waals surface area contributed by atoms with Crippen molar-refractivity contribution in [3.8, 4) is 0 Å². The van der Waals surface area contributed by atoms with Gasteiger partial charge in [-0.3, -0.25) is 4.79 Å². The van der Waals surface area contributed by atoms with Gasteiger partial charge in [0.1, 0.15) is 0 Å². The predicted octanol–water partition coefficient (Wildman–Crippen LogP) is 1.06. The summed E-state index contributed by atoms with van der Waals surface area (Å²) in [7, 11) is 1.51. The van der Waals surface area contributed by atoms with Crippen LogP contribution in [-0.4, -0.2) is 40.1 Å². The molecule has 0 aliphatic rings. The van der Waals surface area contributed by atoms with Gasteiger partial charge in [-0.1, -0.05) is 0 Å². The summed E-state index contributed by atoms with van der Waals surface area (Å²) in [5.41, 5.74) is -1.10. The number of likely N-dealkylation sites (N-methyl/N-ethyl adjacent to an activating group) is 1. The summed E-state index contributed by atoms with van der Waals surface area (Å²) >= 11 is 0. The molecule has 0 aromatic carbocycles. The van der Waals surface area contributed by atoms with E-state index in [4.69, 9.17) is 0 Å². The van der Waals surface area contributed by atoms with Crippen molar-refractivity contribution in [2.75, 3.05) is 13.6 Å². The van der Waals surface area contributed by atoms with Crippen molar-refractivity contribution in [3.05, 3.63) is 29.8 Å². The van der Waals surface area contributed by atoms with E-state index in [2.05, 4.69) is 4.98 Å². The van der Waals surface area contributed by atoms with Gasteiger partial charge in [-0.15, -0.1) is 0 Å². The van der Waals surface area contributed by atoms with Gasteiger partial charge in [-0.05, 0) is 26.0 Å². The maximum absolute atomic E-state index is 13.2. The van der Waals surface area contributed by atoms with Crippen LogP contribution in [0.1, 0.15) is 24.2 Å². The number of pyridine rings is 1. The quantitative estimate of drug-likeness (QED) is 0.784. The Balaban J connectivity index is 2.83. The molecule has 1 amide bonds. The minimum Gasteiger partial charge on any atom is -0.389 e. The number of rotatable bonds is 3. The van der Waals surface area contributed by atoms with E-state index < -0.39 is 17.5 Å². The molecule has 0 saturated heterocycles. The van der Waals surface area contributed by atoms with Gasteiger partial charge < -0.3 is 10.0 Å². The Morgan fingerprint density at radius 3 is 2.75 bits per heavy atom. The molecule has 0 bridgehead atoms. The van der Waals surface area contributed by atoms with E-state index >= 15 is 0 Å². The molecule has 0 aliphatic carbocycles. The highest BCUT2D eigenvalue weighted by Crippen LogP contribution is 2.10. The molecular formula is C11H15FN2O2. The Morgan fingerprint density at radius 1 is 1.62 bits per heavy atom. The lowest BCUT2D eigenvalue weighted by atomic mass is 10.1. The molecule has 0 fully saturated rings. The number of aliphatic hydroxyl groups is 1. The number of carbonyl (C=O) groups is 1. The van der Waals surface area contributed by atoms with E-state index in [0.717, 1.165) is 0 Å². The van der Waals surface area contributed by atoms with E-state index in [1.54, 1.807) is 13.8 Å². The van der Waals surface area contributed by atoms with Crippen molar-refractivity contribution >= 4 is 5.91 Å². The smallest absolute Gasteiger partial charge is 0.258 e. The first-order valence-electron chi connectivity index (χ1n) is 4.89. The number of hydrogen-bond donors (Lipinski definition) is 1. The van der Waals surface area contributed by atoms with Gasteiger partial charge in [0.15, 0.2) is 0 Å². The number of halogens is 1. The second-order valence-corrected chi connectivity index (χ2v) is 4.32. The van der Waals surface area contributed by atoms with Crippen molar-refractivity contribution in [1.82, 2.24) is 9.88 Å². The van der Waals surface area contributed by atoms with Crippen LogP contribution in [0.15, 0.2) is 18.3 Å². The third kappa shape index (κ3) is 3.27. The lowest BCUT2D eigenvalue weighted by molar-refractivity contribution is 0.0365. The monoisotopic (exact) mass is 226 g/mol. The van der Waals surface area contributed by atoms with Gasteiger partial charge in [0.05, 0.1) is 11.2 Å². The maximum Gasteiger partial charge on any atom is 0.258 e. The van der Waals surface area contributed by atoms with E-state index in [-0.39, 0.29) is 12.1 Å². The minimum absolute atomic E-state index is 0.0887. The third-order valence-electron chi connectivity index (χ3n) is 1.96. The van der Waals surface area contributed by atoms with Gasteiger partial charge in [0.2, 0.25) is 5.95 Å². The van der Waals surface area contributed by atoms with Crippen LogP contribution in [0, 0.1) is 5.95 Å². The van der Waals surface area contributed by atoms with E-state index in [9.17, 15) is 14.3 Å². The topological polar surface area (TPSA) is 53.4 Å². The van der Waals surface area contributed by atoms with Crippen molar-refractivity contribution in [2.24, 2.45) is 0 Å². The first-order valence-corrected chi connectivity index (χ1v) is 4.89. The Labute approximate surface area is 93.7 Å². The maximum atomic E-state index is 13.2. The molecule has 0 saturated carbocycles. The number of nitrogens with zero attached hydrogens (tertiary/aromatic N) is 2. The molecule has 88 valence electrons. The summed E-state index contributed by atoms with van der Waals surface area (Å²) < 4.78 is 13.2. The fourth-order valence-electron chi connectivity index (χ4n) is 1.40. The summed E-state index contributed by atoms with van der Waals surface area (Å²) in [5.74, 6) is -1.29. The van der Waals surface area contributed by atoms with Crippen LogP contribution >= 0.6 is 0 Å². The van der Waals surface area contributed by atoms with Crippen LogP contribution in [0.2, 0.25) is 0 Å². The Bertz CT molecular complexity index is 388. The predicted molar refractivity (Wildman–Crippen MR) is 57.5 cm³/mol. The van der Waals surface area contributed by atoms with Crippen molar-refractivity contribution in [3.63, 3.8) is 0 Å². The fraction of sp³-hybridized carbons (Fsp3) is 0.455. The van der Waals surface area contributed by atoms with Crippen LogP contribution in [0.5, 0.6) is 0 Å². The molecule has 1 aromatic rings. The lowest BCUT2D eigenvalue weighted by Crippen LogP contribution is -2.40. The van der Waals surface area contributed by atoms with Gasteiger partial charge in [-0.2, -0.15) is 4.39 Å². The Kier molecular flexibility index (Phi) is 3.59. The third-order valence-corrected chi connectivity index (χ3v) is 1.96. The molecule has 0 unspecified atom stereocenters. The van der Waals surface area contributed by atoms with E-state index in [1.807, 2.05) is 0 Å². The second-order valence-electron chi connectivity index (χ2n) is 4.32. The van der Waals surface area contributed by atoms with Crippen molar-refractivity contribution < 1.29 is 14.3 Å². The minimum atomic E-state index is -1.01. The Morgan fingerprint density at radius 2 is 2.25 bits per heavy atom. The summed E-state index contributed by atoms with van der Waals surface area (Å²) in [4.78, 5) is 16.4. The molecule has 0 spiro atoms. The molecule has 0 aliphatic heterocycles. The average molecular weight is 226 g/mol. The van der Waals surface area contributed by atoms with Crippen LogP contribution in [0.4, 0.5) is 4.39 Å². The molecule has 0 atom stereocenters. The van der Waals surface area contributed by atoms with Crippen LogP contribution in [-0.2, 0) is 0 Å². The van der Waals surface area contributed by atoms with Crippen LogP contribution in [0.3, 0.4) is 0 Å². The molecular weight excluding hydrogens is 211 g/mol. The second kappa shape index (κ2) is 4.57. The molecule has 1 aromatic heterocycles. The Hall–Kier alpha value is -1.49. The highest BCUT2D eigenvalue weighted by Gasteiger charge is 2.22. The zero-order valence-electron chi connectivity index (χ0n) is 9.57. The largest absolute Gasteiger partial charge is 0.389 e. The molecule has 0 radical (unpaired) electrons. The van der Waals surface area contributed by atoms with Gasteiger partial charge in [0, 0.05) is 19.8 Å². The normalized spacial score (nSPS) is 11.3. The molecule has 5 heteroatoms. The number of aromatic nitrogens is 1. The zero-order valence-corrected chi connectivity index (χ0v) is 9.57. The highest BCUT2D eigenvalue weighted by atomic mass is 19.1. The number of hydrogen-bond acceptors (Lipinski definition) is 3. The summed E-state index contributed by atoms with van der Waals surface area (Å²) in [6.07, 6.45) is 1.28. The van der Waals surface area contributed by atoms with E-state index in [0.29, 0.717) is 0 Å². The summed E-state index contributed by atoms with van der Waals surface area (Å²) in [6, 6.07) is 2.86. The molecule has 1 rings (SSSR count). The molecule has 1 heterocycles. The zero-order chi connectivity index (χ0) is 12.3. The first kappa shape index (κ1) is 12.6. The van der Waals surface area contributed by atoms with Crippen molar-refractivity contribution in [2.45, 2.75) is 19.4 Å². The fourth-order valence-corrected chi connectivity index (χ4v) is 1.40. The van der Waals surface area contributed by atoms with Gasteiger partial charge in [0.25, 0.3) is 5.91 Å². The number of carbonyl (C=O) groups excluding carboxylic acids is 1.